The van der Waals surface area contributed by atoms with Crippen LogP contribution in [0.2, 0.25) is 0 Å². The van der Waals surface area contributed by atoms with E-state index in [1.54, 1.807) is 16.8 Å². The first-order chi connectivity index (χ1) is 9.63. The summed E-state index contributed by atoms with van der Waals surface area (Å²) in [7, 11) is 1.91. The Morgan fingerprint density at radius 2 is 2.30 bits per heavy atom. The number of hydrogen-bond acceptors (Lipinski definition) is 3. The van der Waals surface area contributed by atoms with Gasteiger partial charge in [-0.1, -0.05) is 6.07 Å². The Kier molecular flexibility index (Phi) is 3.18. The highest BCUT2D eigenvalue weighted by atomic mass is 16.4. The Hall–Kier alpha value is -2.30. The number of carbonyl (C=O) groups is 1. The van der Waals surface area contributed by atoms with E-state index in [-0.39, 0.29) is 0 Å². The highest BCUT2D eigenvalue weighted by Gasteiger charge is 2.20. The molecule has 0 spiro atoms. The molecule has 1 aromatic carbocycles. The zero-order valence-corrected chi connectivity index (χ0v) is 11.4. The van der Waals surface area contributed by atoms with Gasteiger partial charge >= 0.3 is 5.97 Å². The molecule has 2 aromatic rings. The van der Waals surface area contributed by atoms with Gasteiger partial charge in [-0.15, -0.1) is 0 Å². The first-order valence-corrected chi connectivity index (χ1v) is 6.72. The van der Waals surface area contributed by atoms with Gasteiger partial charge in [-0.2, -0.15) is 5.10 Å². The minimum atomic E-state index is -0.869. The van der Waals surface area contributed by atoms with Gasteiger partial charge in [0.1, 0.15) is 0 Å². The second kappa shape index (κ2) is 5.00. The average molecular weight is 271 g/mol. The van der Waals surface area contributed by atoms with Crippen LogP contribution in [0.3, 0.4) is 0 Å². The summed E-state index contributed by atoms with van der Waals surface area (Å²) in [5, 5.41) is 13.2. The molecule has 5 heteroatoms. The molecule has 3 rings (SSSR count). The molecule has 1 N–H and O–H groups in total. The van der Waals surface area contributed by atoms with Crippen molar-refractivity contribution in [2.75, 3.05) is 18.0 Å². The summed E-state index contributed by atoms with van der Waals surface area (Å²) in [4.78, 5) is 13.3. The molecule has 0 radical (unpaired) electrons. The fourth-order valence-electron chi connectivity index (χ4n) is 2.68. The lowest BCUT2D eigenvalue weighted by Crippen LogP contribution is -2.23. The van der Waals surface area contributed by atoms with Gasteiger partial charge in [0.2, 0.25) is 0 Å². The first kappa shape index (κ1) is 12.7. The van der Waals surface area contributed by atoms with E-state index in [2.05, 4.69) is 10.00 Å². The minimum Gasteiger partial charge on any atom is -0.478 e. The number of carboxylic acids is 1. The van der Waals surface area contributed by atoms with Gasteiger partial charge in [0.05, 0.1) is 11.8 Å². The summed E-state index contributed by atoms with van der Waals surface area (Å²) in [6.07, 6.45) is 5.81. The quantitative estimate of drug-likeness (QED) is 0.920. The lowest BCUT2D eigenvalue weighted by molar-refractivity contribution is 0.0697. The van der Waals surface area contributed by atoms with Crippen molar-refractivity contribution in [3.63, 3.8) is 0 Å². The first-order valence-electron chi connectivity index (χ1n) is 6.72. The van der Waals surface area contributed by atoms with Crippen molar-refractivity contribution in [3.05, 3.63) is 47.3 Å². The molecule has 0 fully saturated rings. The SMILES string of the molecule is Cn1cc(CCN2CCc3ccc(C(=O)O)cc32)cn1. The Bertz CT molecular complexity index is 648. The predicted molar refractivity (Wildman–Crippen MR) is 76.2 cm³/mol. The molecule has 1 aliphatic rings. The lowest BCUT2D eigenvalue weighted by Gasteiger charge is -2.19. The van der Waals surface area contributed by atoms with Gasteiger partial charge in [-0.25, -0.2) is 4.79 Å². The molecule has 5 nitrogen and oxygen atoms in total. The molecule has 1 aliphatic heterocycles. The Balaban J connectivity index is 1.74. The molecule has 1 aromatic heterocycles. The standard InChI is InChI=1S/C15H17N3O2/c1-17-10-11(9-16-17)4-6-18-7-5-12-2-3-13(15(19)20)8-14(12)18/h2-3,8-10H,4-7H2,1H3,(H,19,20). The van der Waals surface area contributed by atoms with Gasteiger partial charge in [-0.3, -0.25) is 4.68 Å². The average Bonchev–Trinajstić information content (AvgIpc) is 3.02. The molecule has 0 amide bonds. The Morgan fingerprint density at radius 1 is 1.45 bits per heavy atom. The van der Waals surface area contributed by atoms with Crippen LogP contribution in [-0.2, 0) is 19.9 Å². The molecule has 0 saturated heterocycles. The zero-order valence-electron chi connectivity index (χ0n) is 11.4. The Morgan fingerprint density at radius 3 is 3.00 bits per heavy atom. The monoisotopic (exact) mass is 271 g/mol. The molecule has 0 bridgehead atoms. The maximum atomic E-state index is 11.1. The lowest BCUT2D eigenvalue weighted by atomic mass is 10.1. The number of carboxylic acid groups (broad SMARTS) is 1. The number of hydrogen-bond donors (Lipinski definition) is 1. The van der Waals surface area contributed by atoms with Crippen LogP contribution in [0.15, 0.2) is 30.6 Å². The van der Waals surface area contributed by atoms with Crippen molar-refractivity contribution in [2.45, 2.75) is 12.8 Å². The van der Waals surface area contributed by atoms with Crippen LogP contribution in [0.5, 0.6) is 0 Å². The largest absolute Gasteiger partial charge is 0.478 e. The van der Waals surface area contributed by atoms with Gasteiger partial charge in [0, 0.05) is 32.0 Å². The summed E-state index contributed by atoms with van der Waals surface area (Å²) < 4.78 is 1.80. The number of rotatable bonds is 4. The number of anilines is 1. The maximum absolute atomic E-state index is 11.1. The van der Waals surface area contributed by atoms with E-state index in [1.165, 1.54) is 11.1 Å². The van der Waals surface area contributed by atoms with Crippen LogP contribution in [0.1, 0.15) is 21.5 Å². The van der Waals surface area contributed by atoms with E-state index in [0.29, 0.717) is 5.56 Å². The third-order valence-electron chi connectivity index (χ3n) is 3.75. The molecular formula is C15H17N3O2. The van der Waals surface area contributed by atoms with Crippen LogP contribution < -0.4 is 4.90 Å². The number of aromatic carboxylic acids is 1. The van der Waals surface area contributed by atoms with Crippen LogP contribution >= 0.6 is 0 Å². The molecule has 20 heavy (non-hydrogen) atoms. The molecule has 0 unspecified atom stereocenters. The summed E-state index contributed by atoms with van der Waals surface area (Å²) in [5.74, 6) is -0.869. The third kappa shape index (κ3) is 2.39. The van der Waals surface area contributed by atoms with E-state index in [9.17, 15) is 4.79 Å². The number of aromatic nitrogens is 2. The van der Waals surface area contributed by atoms with E-state index in [0.717, 1.165) is 31.6 Å². The minimum absolute atomic E-state index is 0.358. The molecular weight excluding hydrogens is 254 g/mol. The van der Waals surface area contributed by atoms with E-state index in [4.69, 9.17) is 5.11 Å². The fraction of sp³-hybridized carbons (Fsp3) is 0.333. The predicted octanol–water partition coefficient (Wildman–Crippen LogP) is 1.72. The van der Waals surface area contributed by atoms with Crippen LogP contribution in [0.4, 0.5) is 5.69 Å². The van der Waals surface area contributed by atoms with Gasteiger partial charge < -0.3 is 10.0 Å². The van der Waals surface area contributed by atoms with E-state index in [1.807, 2.05) is 25.5 Å². The summed E-state index contributed by atoms with van der Waals surface area (Å²) >= 11 is 0. The van der Waals surface area contributed by atoms with Crippen molar-refractivity contribution in [3.8, 4) is 0 Å². The van der Waals surface area contributed by atoms with Crippen molar-refractivity contribution in [1.29, 1.82) is 0 Å². The third-order valence-corrected chi connectivity index (χ3v) is 3.75. The van der Waals surface area contributed by atoms with Crippen molar-refractivity contribution < 1.29 is 9.90 Å². The van der Waals surface area contributed by atoms with Gasteiger partial charge in [0.25, 0.3) is 0 Å². The zero-order chi connectivity index (χ0) is 14.1. The number of aryl methyl sites for hydroxylation is 1. The second-order valence-electron chi connectivity index (χ2n) is 5.16. The van der Waals surface area contributed by atoms with E-state index >= 15 is 0 Å². The number of benzene rings is 1. The van der Waals surface area contributed by atoms with Crippen molar-refractivity contribution >= 4 is 11.7 Å². The fourth-order valence-corrected chi connectivity index (χ4v) is 2.68. The molecule has 0 atom stereocenters. The molecule has 0 saturated carbocycles. The molecule has 104 valence electrons. The smallest absolute Gasteiger partial charge is 0.335 e. The topological polar surface area (TPSA) is 58.4 Å². The van der Waals surface area contributed by atoms with Crippen LogP contribution in [0, 0.1) is 0 Å². The van der Waals surface area contributed by atoms with Gasteiger partial charge in [-0.05, 0) is 36.1 Å². The van der Waals surface area contributed by atoms with E-state index < -0.39 is 5.97 Å². The molecule has 2 heterocycles. The second-order valence-corrected chi connectivity index (χ2v) is 5.16. The van der Waals surface area contributed by atoms with Crippen LogP contribution in [-0.4, -0.2) is 33.9 Å². The van der Waals surface area contributed by atoms with Crippen LogP contribution in [0.25, 0.3) is 0 Å². The van der Waals surface area contributed by atoms with Crippen molar-refractivity contribution in [2.24, 2.45) is 7.05 Å². The summed E-state index contributed by atoms with van der Waals surface area (Å²) in [6.45, 7) is 1.85. The van der Waals surface area contributed by atoms with Crippen molar-refractivity contribution in [1.82, 2.24) is 9.78 Å². The van der Waals surface area contributed by atoms with Gasteiger partial charge in [0.15, 0.2) is 0 Å². The summed E-state index contributed by atoms with van der Waals surface area (Å²) in [6, 6.07) is 5.41. The maximum Gasteiger partial charge on any atom is 0.335 e. The normalized spacial score (nSPS) is 13.6. The molecule has 0 aliphatic carbocycles. The Labute approximate surface area is 117 Å². The number of fused-ring (bicyclic) bond motifs is 1. The highest BCUT2D eigenvalue weighted by molar-refractivity contribution is 5.89. The number of nitrogens with zero attached hydrogens (tertiary/aromatic N) is 3. The highest BCUT2D eigenvalue weighted by Crippen LogP contribution is 2.29. The summed E-state index contributed by atoms with van der Waals surface area (Å²) in [5.41, 5.74) is 3.86.